The molecular weight excluding hydrogens is 230 g/mol. The first-order chi connectivity index (χ1) is 8.74. The van der Waals surface area contributed by atoms with Gasteiger partial charge in [-0.1, -0.05) is 0 Å². The average molecular weight is 243 g/mol. The molecule has 18 heavy (non-hydrogen) atoms. The highest BCUT2D eigenvalue weighted by Gasteiger charge is 2.26. The van der Waals surface area contributed by atoms with Gasteiger partial charge in [0.1, 0.15) is 5.65 Å². The second-order valence-electron chi connectivity index (χ2n) is 4.49. The SMILES string of the molecule is O=C1CC(=O)N(CCc2ccnc3[nH]ccc23)C1. The zero-order valence-electron chi connectivity index (χ0n) is 9.85. The van der Waals surface area contributed by atoms with E-state index in [9.17, 15) is 9.59 Å². The first-order valence-corrected chi connectivity index (χ1v) is 5.94. The minimum atomic E-state index is -0.0561. The van der Waals surface area contributed by atoms with E-state index in [0.29, 0.717) is 6.54 Å². The molecule has 1 amide bonds. The lowest BCUT2D eigenvalue weighted by Gasteiger charge is -2.14. The fourth-order valence-electron chi connectivity index (χ4n) is 2.33. The van der Waals surface area contributed by atoms with Crippen molar-refractivity contribution >= 4 is 22.7 Å². The Labute approximate surface area is 104 Å². The molecular formula is C13H13N3O2. The van der Waals surface area contributed by atoms with Crippen molar-refractivity contribution in [2.45, 2.75) is 12.8 Å². The summed E-state index contributed by atoms with van der Waals surface area (Å²) in [7, 11) is 0. The van der Waals surface area contributed by atoms with E-state index in [4.69, 9.17) is 0 Å². The molecule has 5 nitrogen and oxygen atoms in total. The van der Waals surface area contributed by atoms with Gasteiger partial charge in [-0.05, 0) is 24.1 Å². The number of nitrogens with zero attached hydrogens (tertiary/aromatic N) is 2. The van der Waals surface area contributed by atoms with Crippen LogP contribution in [-0.4, -0.2) is 39.6 Å². The number of carbonyl (C=O) groups excluding carboxylic acids is 2. The van der Waals surface area contributed by atoms with Crippen LogP contribution >= 0.6 is 0 Å². The van der Waals surface area contributed by atoms with Gasteiger partial charge in [0.05, 0.1) is 13.0 Å². The number of amides is 1. The second-order valence-corrected chi connectivity index (χ2v) is 4.49. The highest BCUT2D eigenvalue weighted by molar-refractivity contribution is 6.05. The highest BCUT2D eigenvalue weighted by atomic mass is 16.2. The van der Waals surface area contributed by atoms with E-state index in [2.05, 4.69) is 9.97 Å². The molecule has 1 aliphatic heterocycles. The van der Waals surface area contributed by atoms with Crippen LogP contribution in [0.5, 0.6) is 0 Å². The number of H-pyrrole nitrogens is 1. The highest BCUT2D eigenvalue weighted by Crippen LogP contribution is 2.16. The topological polar surface area (TPSA) is 66.1 Å². The summed E-state index contributed by atoms with van der Waals surface area (Å²) in [6, 6.07) is 3.94. The Kier molecular flexibility index (Phi) is 2.59. The lowest BCUT2D eigenvalue weighted by atomic mass is 10.1. The van der Waals surface area contributed by atoms with Crippen LogP contribution in [-0.2, 0) is 16.0 Å². The molecule has 0 radical (unpaired) electrons. The largest absolute Gasteiger partial charge is 0.346 e. The van der Waals surface area contributed by atoms with Gasteiger partial charge < -0.3 is 9.88 Å². The third-order valence-electron chi connectivity index (χ3n) is 3.27. The number of ketones is 1. The number of rotatable bonds is 3. The number of Topliss-reactive ketones (excluding diaryl/α,β-unsaturated/α-hetero) is 1. The van der Waals surface area contributed by atoms with Crippen molar-refractivity contribution in [3.8, 4) is 0 Å². The zero-order valence-corrected chi connectivity index (χ0v) is 9.85. The van der Waals surface area contributed by atoms with E-state index < -0.39 is 0 Å². The summed E-state index contributed by atoms with van der Waals surface area (Å²) in [5.41, 5.74) is 2.00. The van der Waals surface area contributed by atoms with Gasteiger partial charge >= 0.3 is 0 Å². The van der Waals surface area contributed by atoms with E-state index in [1.54, 1.807) is 11.1 Å². The molecule has 0 atom stereocenters. The Hall–Kier alpha value is -2.17. The van der Waals surface area contributed by atoms with Crippen molar-refractivity contribution in [3.63, 3.8) is 0 Å². The van der Waals surface area contributed by atoms with Gasteiger partial charge in [0.2, 0.25) is 5.91 Å². The van der Waals surface area contributed by atoms with Crippen LogP contribution in [0.2, 0.25) is 0 Å². The maximum absolute atomic E-state index is 11.5. The molecule has 2 aromatic heterocycles. The van der Waals surface area contributed by atoms with Gasteiger partial charge in [-0.15, -0.1) is 0 Å². The zero-order chi connectivity index (χ0) is 12.5. The molecule has 3 heterocycles. The normalized spacial score (nSPS) is 15.9. The van der Waals surface area contributed by atoms with Crippen LogP contribution in [0.15, 0.2) is 24.5 Å². The Bertz CT molecular complexity index is 617. The smallest absolute Gasteiger partial charge is 0.230 e. The van der Waals surface area contributed by atoms with Crippen LogP contribution in [0.4, 0.5) is 0 Å². The number of carbonyl (C=O) groups is 2. The second kappa shape index (κ2) is 4.25. The molecule has 0 aromatic carbocycles. The van der Waals surface area contributed by atoms with Crippen molar-refractivity contribution in [2.24, 2.45) is 0 Å². The predicted molar refractivity (Wildman–Crippen MR) is 66.0 cm³/mol. The van der Waals surface area contributed by atoms with Crippen molar-refractivity contribution in [3.05, 3.63) is 30.1 Å². The molecule has 1 saturated heterocycles. The average Bonchev–Trinajstić information content (AvgIpc) is 2.93. The fraction of sp³-hybridized carbons (Fsp3) is 0.308. The maximum Gasteiger partial charge on any atom is 0.230 e. The van der Waals surface area contributed by atoms with Gasteiger partial charge in [-0.2, -0.15) is 0 Å². The number of fused-ring (bicyclic) bond motifs is 1. The summed E-state index contributed by atoms with van der Waals surface area (Å²) in [4.78, 5) is 31.6. The molecule has 5 heteroatoms. The Morgan fingerprint density at radius 1 is 1.33 bits per heavy atom. The molecule has 1 fully saturated rings. The molecule has 0 saturated carbocycles. The quantitative estimate of drug-likeness (QED) is 0.815. The Morgan fingerprint density at radius 3 is 3.00 bits per heavy atom. The number of hydrogen-bond donors (Lipinski definition) is 1. The Morgan fingerprint density at radius 2 is 2.22 bits per heavy atom. The molecule has 92 valence electrons. The summed E-state index contributed by atoms with van der Waals surface area (Å²) >= 11 is 0. The first-order valence-electron chi connectivity index (χ1n) is 5.94. The number of pyridine rings is 1. The molecule has 1 N–H and O–H groups in total. The standard InChI is InChI=1S/C13H13N3O2/c17-10-7-12(18)16(8-10)6-3-9-1-4-14-13-11(9)2-5-15-13/h1-2,4-5H,3,6-8H2,(H,14,15). The van der Waals surface area contributed by atoms with Gasteiger partial charge in [-0.25, -0.2) is 4.98 Å². The molecule has 0 spiro atoms. The van der Waals surface area contributed by atoms with E-state index in [-0.39, 0.29) is 24.7 Å². The van der Waals surface area contributed by atoms with Crippen LogP contribution in [0.3, 0.4) is 0 Å². The number of aromatic amines is 1. The van der Waals surface area contributed by atoms with E-state index in [1.807, 2.05) is 18.3 Å². The molecule has 0 unspecified atom stereocenters. The van der Waals surface area contributed by atoms with E-state index in [1.165, 1.54) is 0 Å². The fourth-order valence-corrected chi connectivity index (χ4v) is 2.33. The molecule has 3 rings (SSSR count). The van der Waals surface area contributed by atoms with Crippen LogP contribution in [0, 0.1) is 0 Å². The third kappa shape index (κ3) is 1.88. The van der Waals surface area contributed by atoms with Gasteiger partial charge in [0.15, 0.2) is 5.78 Å². The van der Waals surface area contributed by atoms with Gasteiger partial charge in [-0.3, -0.25) is 9.59 Å². The minimum absolute atomic E-state index is 0.0153. The monoisotopic (exact) mass is 243 g/mol. The van der Waals surface area contributed by atoms with Gasteiger partial charge in [0.25, 0.3) is 0 Å². The Balaban J connectivity index is 1.75. The van der Waals surface area contributed by atoms with E-state index in [0.717, 1.165) is 23.0 Å². The predicted octanol–water partition coefficient (Wildman–Crippen LogP) is 0.907. The van der Waals surface area contributed by atoms with Crippen molar-refractivity contribution in [2.75, 3.05) is 13.1 Å². The van der Waals surface area contributed by atoms with Crippen LogP contribution in [0.25, 0.3) is 11.0 Å². The summed E-state index contributed by atoms with van der Waals surface area (Å²) < 4.78 is 0. The lowest BCUT2D eigenvalue weighted by molar-refractivity contribution is -0.127. The molecule has 2 aromatic rings. The summed E-state index contributed by atoms with van der Waals surface area (Å²) in [6.07, 6.45) is 4.42. The first kappa shape index (κ1) is 11.0. The maximum atomic E-state index is 11.5. The van der Waals surface area contributed by atoms with Crippen LogP contribution < -0.4 is 0 Å². The van der Waals surface area contributed by atoms with Crippen molar-refractivity contribution in [1.29, 1.82) is 0 Å². The number of nitrogens with one attached hydrogen (secondary N) is 1. The molecule has 0 aliphatic carbocycles. The summed E-state index contributed by atoms with van der Waals surface area (Å²) in [5, 5.41) is 1.08. The lowest BCUT2D eigenvalue weighted by Crippen LogP contribution is -2.27. The third-order valence-corrected chi connectivity index (χ3v) is 3.27. The van der Waals surface area contributed by atoms with Crippen molar-refractivity contribution in [1.82, 2.24) is 14.9 Å². The van der Waals surface area contributed by atoms with Crippen LogP contribution in [0.1, 0.15) is 12.0 Å². The number of hydrogen-bond acceptors (Lipinski definition) is 3. The minimum Gasteiger partial charge on any atom is -0.346 e. The van der Waals surface area contributed by atoms with Crippen molar-refractivity contribution < 1.29 is 9.59 Å². The molecule has 1 aliphatic rings. The molecule has 0 bridgehead atoms. The van der Waals surface area contributed by atoms with Gasteiger partial charge in [0, 0.05) is 24.3 Å². The van der Waals surface area contributed by atoms with E-state index >= 15 is 0 Å². The summed E-state index contributed by atoms with van der Waals surface area (Å²) in [5.74, 6) is -0.0408. The summed E-state index contributed by atoms with van der Waals surface area (Å²) in [6.45, 7) is 0.856. The number of aromatic nitrogens is 2. The number of likely N-dealkylation sites (tertiary alicyclic amines) is 1.